The molecule has 0 saturated heterocycles. The maximum absolute atomic E-state index is 13.7. The zero-order valence-electron chi connectivity index (χ0n) is 11.2. The van der Waals surface area contributed by atoms with Gasteiger partial charge in [0.1, 0.15) is 5.82 Å². The van der Waals surface area contributed by atoms with Crippen LogP contribution in [0.25, 0.3) is 0 Å². The van der Waals surface area contributed by atoms with Crippen molar-refractivity contribution in [2.24, 2.45) is 11.1 Å². The minimum Gasteiger partial charge on any atom is -0.341 e. The molecule has 0 unspecified atom stereocenters. The van der Waals surface area contributed by atoms with Gasteiger partial charge >= 0.3 is 0 Å². The highest BCUT2D eigenvalue weighted by molar-refractivity contribution is 14.1. The van der Waals surface area contributed by atoms with Crippen LogP contribution in [0.3, 0.4) is 0 Å². The molecule has 1 aromatic carbocycles. The van der Waals surface area contributed by atoms with E-state index in [1.54, 1.807) is 19.2 Å². The number of rotatable bonds is 4. The van der Waals surface area contributed by atoms with E-state index in [0.717, 1.165) is 0 Å². The Morgan fingerprint density at radius 1 is 1.47 bits per heavy atom. The predicted molar refractivity (Wildman–Crippen MR) is 86.2 cm³/mol. The van der Waals surface area contributed by atoms with Gasteiger partial charge in [-0.1, -0.05) is 19.9 Å². The van der Waals surface area contributed by atoms with Crippen molar-refractivity contribution < 1.29 is 9.18 Å². The molecule has 3 nitrogen and oxygen atoms in total. The molecule has 0 aliphatic carbocycles. The number of nitrogens with zero attached hydrogens (tertiary/aromatic N) is 1. The van der Waals surface area contributed by atoms with Crippen molar-refractivity contribution in [3.05, 3.63) is 33.1 Å². The Hall–Kier alpha value is -0.400. The number of benzene rings is 1. The number of hydrogen-bond donors (Lipinski definition) is 1. The lowest BCUT2D eigenvalue weighted by atomic mass is 9.93. The second kappa shape index (κ2) is 7.40. The Labute approximate surface area is 133 Å². The number of carbonyl (C=O) groups excluding carboxylic acids is 1. The molecular weight excluding hydrogens is 382 g/mol. The molecule has 19 heavy (non-hydrogen) atoms. The predicted octanol–water partition coefficient (Wildman–Crippen LogP) is 2.91. The zero-order valence-corrected chi connectivity index (χ0v) is 14.2. The van der Waals surface area contributed by atoms with Crippen LogP contribution in [0.1, 0.15) is 24.2 Å². The Morgan fingerprint density at radius 2 is 2.05 bits per heavy atom. The first-order valence-corrected chi connectivity index (χ1v) is 6.76. The van der Waals surface area contributed by atoms with Crippen LogP contribution < -0.4 is 5.73 Å². The summed E-state index contributed by atoms with van der Waals surface area (Å²) in [5.74, 6) is -0.789. The molecular formula is C13H19ClFIN2O. The molecule has 0 aliphatic rings. The van der Waals surface area contributed by atoms with Crippen LogP contribution in [0, 0.1) is 14.8 Å². The monoisotopic (exact) mass is 400 g/mol. The van der Waals surface area contributed by atoms with Crippen molar-refractivity contribution in [2.75, 3.05) is 20.1 Å². The fourth-order valence-electron chi connectivity index (χ4n) is 1.67. The number of hydrogen-bond acceptors (Lipinski definition) is 2. The molecule has 0 spiro atoms. The van der Waals surface area contributed by atoms with Gasteiger partial charge in [0.05, 0.1) is 5.56 Å². The third-order valence-electron chi connectivity index (χ3n) is 2.74. The van der Waals surface area contributed by atoms with Gasteiger partial charge in [0.15, 0.2) is 0 Å². The van der Waals surface area contributed by atoms with Crippen molar-refractivity contribution in [1.29, 1.82) is 0 Å². The van der Waals surface area contributed by atoms with Crippen molar-refractivity contribution >= 4 is 40.9 Å². The van der Waals surface area contributed by atoms with E-state index in [9.17, 15) is 9.18 Å². The number of carbonyl (C=O) groups is 1. The van der Waals surface area contributed by atoms with Gasteiger partial charge in [-0.3, -0.25) is 4.79 Å². The van der Waals surface area contributed by atoms with Gasteiger partial charge in [-0.05, 0) is 46.7 Å². The summed E-state index contributed by atoms with van der Waals surface area (Å²) in [6, 6.07) is 4.62. The van der Waals surface area contributed by atoms with Crippen molar-refractivity contribution in [1.82, 2.24) is 4.90 Å². The molecule has 0 atom stereocenters. The van der Waals surface area contributed by atoms with E-state index in [4.69, 9.17) is 5.73 Å². The summed E-state index contributed by atoms with van der Waals surface area (Å²) in [4.78, 5) is 13.7. The van der Waals surface area contributed by atoms with E-state index >= 15 is 0 Å². The van der Waals surface area contributed by atoms with Crippen LogP contribution in [0.2, 0.25) is 0 Å². The normalized spacial score (nSPS) is 10.8. The van der Waals surface area contributed by atoms with Gasteiger partial charge in [0.25, 0.3) is 5.91 Å². The number of amides is 1. The van der Waals surface area contributed by atoms with Crippen LogP contribution in [0.5, 0.6) is 0 Å². The van der Waals surface area contributed by atoms with Gasteiger partial charge in [0.2, 0.25) is 0 Å². The second-order valence-corrected chi connectivity index (χ2v) is 6.29. The lowest BCUT2D eigenvalue weighted by Gasteiger charge is -2.29. The van der Waals surface area contributed by atoms with Gasteiger partial charge in [-0.25, -0.2) is 4.39 Å². The van der Waals surface area contributed by atoms with E-state index in [-0.39, 0.29) is 29.3 Å². The molecule has 6 heteroatoms. The maximum atomic E-state index is 13.7. The Bertz CT molecular complexity index is 434. The quantitative estimate of drug-likeness (QED) is 0.790. The minimum absolute atomic E-state index is 0. The van der Waals surface area contributed by atoms with Crippen LogP contribution in [-0.4, -0.2) is 30.9 Å². The zero-order chi connectivity index (χ0) is 13.9. The van der Waals surface area contributed by atoms with E-state index in [1.807, 2.05) is 36.4 Å². The highest BCUT2D eigenvalue weighted by atomic mass is 127. The molecule has 0 heterocycles. The van der Waals surface area contributed by atoms with E-state index in [2.05, 4.69) is 0 Å². The molecule has 1 amide bonds. The van der Waals surface area contributed by atoms with Gasteiger partial charge in [0, 0.05) is 17.2 Å². The summed E-state index contributed by atoms with van der Waals surface area (Å²) in [5.41, 5.74) is 5.59. The molecule has 0 aliphatic heterocycles. The van der Waals surface area contributed by atoms with Gasteiger partial charge in [-0.2, -0.15) is 0 Å². The highest BCUT2D eigenvalue weighted by Gasteiger charge is 2.24. The van der Waals surface area contributed by atoms with Crippen molar-refractivity contribution in [3.8, 4) is 0 Å². The summed E-state index contributed by atoms with van der Waals surface area (Å²) in [6.45, 7) is 4.91. The molecule has 2 N–H and O–H groups in total. The third kappa shape index (κ3) is 4.89. The topological polar surface area (TPSA) is 46.3 Å². The van der Waals surface area contributed by atoms with Crippen LogP contribution in [0.4, 0.5) is 4.39 Å². The molecule has 0 aromatic heterocycles. The summed E-state index contributed by atoms with van der Waals surface area (Å²) in [6.07, 6.45) is 0. The average Bonchev–Trinajstić information content (AvgIpc) is 2.28. The summed E-state index contributed by atoms with van der Waals surface area (Å²) >= 11 is 1.97. The van der Waals surface area contributed by atoms with Gasteiger partial charge < -0.3 is 10.6 Å². The molecule has 0 saturated carbocycles. The fourth-order valence-corrected chi connectivity index (χ4v) is 2.37. The molecule has 1 aromatic rings. The van der Waals surface area contributed by atoms with Crippen LogP contribution >= 0.6 is 35.0 Å². The average molecular weight is 401 g/mol. The first-order chi connectivity index (χ1) is 8.28. The van der Waals surface area contributed by atoms with Crippen LogP contribution in [-0.2, 0) is 0 Å². The summed E-state index contributed by atoms with van der Waals surface area (Å²) in [5, 5.41) is 0. The molecule has 0 bridgehead atoms. The largest absolute Gasteiger partial charge is 0.341 e. The Balaban J connectivity index is 0.00000324. The fraction of sp³-hybridized carbons (Fsp3) is 0.462. The first-order valence-electron chi connectivity index (χ1n) is 5.68. The smallest absolute Gasteiger partial charge is 0.257 e. The van der Waals surface area contributed by atoms with Gasteiger partial charge in [-0.15, -0.1) is 12.4 Å². The molecule has 1 rings (SSSR count). The summed E-state index contributed by atoms with van der Waals surface area (Å²) < 4.78 is 14.3. The Morgan fingerprint density at radius 3 is 2.53 bits per heavy atom. The first kappa shape index (κ1) is 18.6. The van der Waals surface area contributed by atoms with E-state index < -0.39 is 5.82 Å². The molecule has 0 fully saturated rings. The highest BCUT2D eigenvalue weighted by Crippen LogP contribution is 2.20. The molecule has 0 radical (unpaired) electrons. The van der Waals surface area contributed by atoms with Crippen molar-refractivity contribution in [2.45, 2.75) is 13.8 Å². The standard InChI is InChI=1S/C13H18FIN2O.ClH/c1-13(2,7-16)8-17(3)12(18)11-9(14)5-4-6-10(11)15;/h4-6H,7-8,16H2,1-3H3;1H. The van der Waals surface area contributed by atoms with E-state index in [0.29, 0.717) is 16.7 Å². The number of nitrogens with two attached hydrogens (primary N) is 1. The maximum Gasteiger partial charge on any atom is 0.257 e. The SMILES string of the molecule is CN(CC(C)(C)CN)C(=O)c1c(F)cccc1I.Cl. The minimum atomic E-state index is -0.482. The lowest BCUT2D eigenvalue weighted by molar-refractivity contribution is 0.0734. The van der Waals surface area contributed by atoms with E-state index in [1.165, 1.54) is 11.0 Å². The Kier molecular flexibility index (Phi) is 7.24. The third-order valence-corrected chi connectivity index (χ3v) is 3.64. The van der Waals surface area contributed by atoms with Crippen molar-refractivity contribution in [3.63, 3.8) is 0 Å². The molecule has 108 valence electrons. The number of halogens is 3. The summed E-state index contributed by atoms with van der Waals surface area (Å²) in [7, 11) is 1.67. The lowest BCUT2D eigenvalue weighted by Crippen LogP contribution is -2.40. The second-order valence-electron chi connectivity index (χ2n) is 5.13. The van der Waals surface area contributed by atoms with Crippen LogP contribution in [0.15, 0.2) is 18.2 Å².